The molecule has 8 nitrogen and oxygen atoms in total. The van der Waals surface area contributed by atoms with Crippen molar-refractivity contribution < 1.29 is 12.8 Å². The Morgan fingerprint density at radius 1 is 1.20 bits per heavy atom. The number of pyridine rings is 1. The Bertz CT molecular complexity index is 992. The SMILES string of the molecule is Cc1nnc(-c2c(C)[nH]c(C)c2S(=O)(=O)N[C@@H](C)c2cccnc2)o1. The zero-order valence-corrected chi connectivity index (χ0v) is 15.2. The van der Waals surface area contributed by atoms with Crippen LogP contribution in [0.25, 0.3) is 11.5 Å². The Kier molecular flexibility index (Phi) is 4.44. The molecule has 0 spiro atoms. The third kappa shape index (κ3) is 3.33. The van der Waals surface area contributed by atoms with E-state index in [-0.39, 0.29) is 10.8 Å². The molecular weight excluding hydrogens is 342 g/mol. The molecule has 0 radical (unpaired) electrons. The topological polar surface area (TPSA) is 114 Å². The van der Waals surface area contributed by atoms with Crippen LogP contribution in [0.1, 0.15) is 35.8 Å². The number of aromatic amines is 1. The Hall–Kier alpha value is -2.52. The van der Waals surface area contributed by atoms with Crippen molar-refractivity contribution in [2.24, 2.45) is 0 Å². The summed E-state index contributed by atoms with van der Waals surface area (Å²) in [5.41, 5.74) is 2.32. The molecule has 3 aromatic heterocycles. The zero-order valence-electron chi connectivity index (χ0n) is 14.4. The first-order valence-corrected chi connectivity index (χ1v) is 9.20. The molecule has 0 aliphatic carbocycles. The van der Waals surface area contributed by atoms with Crippen LogP contribution in [-0.2, 0) is 10.0 Å². The molecule has 0 aromatic carbocycles. The molecule has 25 heavy (non-hydrogen) atoms. The largest absolute Gasteiger partial charge is 0.421 e. The summed E-state index contributed by atoms with van der Waals surface area (Å²) in [6.45, 7) is 6.89. The predicted molar refractivity (Wildman–Crippen MR) is 91.3 cm³/mol. The van der Waals surface area contributed by atoms with E-state index in [0.717, 1.165) is 5.56 Å². The van der Waals surface area contributed by atoms with Gasteiger partial charge in [0, 0.05) is 36.7 Å². The summed E-state index contributed by atoms with van der Waals surface area (Å²) in [6.07, 6.45) is 3.27. The van der Waals surface area contributed by atoms with E-state index < -0.39 is 16.1 Å². The Morgan fingerprint density at radius 2 is 1.96 bits per heavy atom. The van der Waals surface area contributed by atoms with E-state index in [9.17, 15) is 8.42 Å². The lowest BCUT2D eigenvalue weighted by Crippen LogP contribution is -2.27. The van der Waals surface area contributed by atoms with E-state index in [2.05, 4.69) is 24.9 Å². The van der Waals surface area contributed by atoms with Gasteiger partial charge in [-0.3, -0.25) is 4.98 Å². The molecule has 9 heteroatoms. The molecule has 132 valence electrons. The van der Waals surface area contributed by atoms with Gasteiger partial charge in [0.05, 0.1) is 5.56 Å². The molecule has 0 fully saturated rings. The molecule has 0 aliphatic rings. The quantitative estimate of drug-likeness (QED) is 0.721. The van der Waals surface area contributed by atoms with Gasteiger partial charge in [-0.2, -0.15) is 0 Å². The Balaban J connectivity index is 2.03. The summed E-state index contributed by atoms with van der Waals surface area (Å²) in [4.78, 5) is 7.18. The summed E-state index contributed by atoms with van der Waals surface area (Å²) in [7, 11) is -3.82. The first-order valence-electron chi connectivity index (χ1n) is 7.71. The van der Waals surface area contributed by atoms with Crippen molar-refractivity contribution in [2.75, 3.05) is 0 Å². The van der Waals surface area contributed by atoms with Crippen LogP contribution in [-0.4, -0.2) is 28.6 Å². The second-order valence-electron chi connectivity index (χ2n) is 5.83. The van der Waals surface area contributed by atoms with Gasteiger partial charge in [0.1, 0.15) is 4.90 Å². The van der Waals surface area contributed by atoms with Crippen molar-refractivity contribution >= 4 is 10.0 Å². The molecular formula is C16H19N5O3S. The molecule has 0 saturated heterocycles. The number of aryl methyl sites for hydroxylation is 3. The Labute approximate surface area is 145 Å². The standard InChI is InChI=1S/C16H19N5O3S/c1-9(13-6-5-7-17-8-13)21-25(22,23)15-11(3)18-10(2)14(15)16-20-19-12(4)24-16/h5-9,18,21H,1-4H3/t9-/m0/s1. The van der Waals surface area contributed by atoms with Crippen LogP contribution in [0.4, 0.5) is 0 Å². The average molecular weight is 361 g/mol. The van der Waals surface area contributed by atoms with Gasteiger partial charge in [-0.15, -0.1) is 10.2 Å². The van der Waals surface area contributed by atoms with Crippen LogP contribution in [0.15, 0.2) is 33.8 Å². The lowest BCUT2D eigenvalue weighted by molar-refractivity contribution is 0.530. The van der Waals surface area contributed by atoms with Gasteiger partial charge in [-0.05, 0) is 32.4 Å². The van der Waals surface area contributed by atoms with E-state index in [1.54, 1.807) is 46.2 Å². The maximum atomic E-state index is 13.0. The zero-order chi connectivity index (χ0) is 18.2. The molecule has 0 saturated carbocycles. The maximum Gasteiger partial charge on any atom is 0.250 e. The van der Waals surface area contributed by atoms with E-state index in [0.29, 0.717) is 22.8 Å². The van der Waals surface area contributed by atoms with Crippen LogP contribution < -0.4 is 4.72 Å². The predicted octanol–water partition coefficient (Wildman–Crippen LogP) is 2.42. The minimum Gasteiger partial charge on any atom is -0.421 e. The average Bonchev–Trinajstić information content (AvgIpc) is 3.10. The number of rotatable bonds is 5. The van der Waals surface area contributed by atoms with Gasteiger partial charge in [-0.1, -0.05) is 6.07 Å². The first-order chi connectivity index (χ1) is 11.8. The van der Waals surface area contributed by atoms with E-state index in [1.165, 1.54) is 0 Å². The van der Waals surface area contributed by atoms with Crippen molar-refractivity contribution in [2.45, 2.75) is 38.6 Å². The fourth-order valence-corrected chi connectivity index (χ4v) is 4.42. The van der Waals surface area contributed by atoms with E-state index in [4.69, 9.17) is 4.42 Å². The molecule has 3 aromatic rings. The van der Waals surface area contributed by atoms with Crippen molar-refractivity contribution in [3.63, 3.8) is 0 Å². The lowest BCUT2D eigenvalue weighted by atomic mass is 10.2. The van der Waals surface area contributed by atoms with Crippen LogP contribution >= 0.6 is 0 Å². The smallest absolute Gasteiger partial charge is 0.250 e. The normalized spacial score (nSPS) is 13.1. The third-order valence-corrected chi connectivity index (χ3v) is 5.55. The number of aromatic nitrogens is 4. The highest BCUT2D eigenvalue weighted by atomic mass is 32.2. The highest BCUT2D eigenvalue weighted by molar-refractivity contribution is 7.89. The minimum absolute atomic E-state index is 0.115. The molecule has 0 amide bonds. The highest BCUT2D eigenvalue weighted by Crippen LogP contribution is 2.33. The highest BCUT2D eigenvalue weighted by Gasteiger charge is 2.30. The molecule has 3 heterocycles. The number of H-pyrrole nitrogens is 1. The van der Waals surface area contributed by atoms with Gasteiger partial charge in [0.2, 0.25) is 15.9 Å². The monoisotopic (exact) mass is 361 g/mol. The maximum absolute atomic E-state index is 13.0. The first kappa shape index (κ1) is 17.3. The summed E-state index contributed by atoms with van der Waals surface area (Å²) in [5.74, 6) is 0.544. The second-order valence-corrected chi connectivity index (χ2v) is 7.49. The van der Waals surface area contributed by atoms with Crippen molar-refractivity contribution in [1.82, 2.24) is 24.9 Å². The number of hydrogen-bond acceptors (Lipinski definition) is 6. The van der Waals surface area contributed by atoms with Crippen LogP contribution in [0.5, 0.6) is 0 Å². The van der Waals surface area contributed by atoms with Gasteiger partial charge in [0.25, 0.3) is 5.89 Å². The van der Waals surface area contributed by atoms with E-state index in [1.807, 2.05) is 6.07 Å². The van der Waals surface area contributed by atoms with Gasteiger partial charge >= 0.3 is 0 Å². The third-order valence-electron chi connectivity index (χ3n) is 3.84. The fraction of sp³-hybridized carbons (Fsp3) is 0.312. The summed E-state index contributed by atoms with van der Waals surface area (Å²) < 4.78 is 34.1. The van der Waals surface area contributed by atoms with Gasteiger partial charge < -0.3 is 9.40 Å². The molecule has 3 rings (SSSR count). The number of nitrogens with one attached hydrogen (secondary N) is 2. The molecule has 0 aliphatic heterocycles. The second kappa shape index (κ2) is 6.41. The van der Waals surface area contributed by atoms with Crippen molar-refractivity contribution in [3.05, 3.63) is 47.4 Å². The lowest BCUT2D eigenvalue weighted by Gasteiger charge is -2.15. The van der Waals surface area contributed by atoms with Crippen LogP contribution in [0, 0.1) is 20.8 Å². The van der Waals surface area contributed by atoms with Gasteiger partial charge in [-0.25, -0.2) is 13.1 Å². The van der Waals surface area contributed by atoms with E-state index >= 15 is 0 Å². The summed E-state index contributed by atoms with van der Waals surface area (Å²) in [6, 6.07) is 3.14. The summed E-state index contributed by atoms with van der Waals surface area (Å²) >= 11 is 0. The van der Waals surface area contributed by atoms with Crippen molar-refractivity contribution in [1.29, 1.82) is 0 Å². The molecule has 1 atom stereocenters. The van der Waals surface area contributed by atoms with Gasteiger partial charge in [0.15, 0.2) is 0 Å². The number of hydrogen-bond donors (Lipinski definition) is 2. The van der Waals surface area contributed by atoms with Crippen LogP contribution in [0.2, 0.25) is 0 Å². The van der Waals surface area contributed by atoms with Crippen LogP contribution in [0.3, 0.4) is 0 Å². The minimum atomic E-state index is -3.82. The molecule has 2 N–H and O–H groups in total. The molecule has 0 bridgehead atoms. The number of nitrogens with zero attached hydrogens (tertiary/aromatic N) is 3. The molecule has 0 unspecified atom stereocenters. The fourth-order valence-electron chi connectivity index (χ4n) is 2.74. The number of sulfonamides is 1. The van der Waals surface area contributed by atoms with Crippen molar-refractivity contribution in [3.8, 4) is 11.5 Å². The Morgan fingerprint density at radius 3 is 2.56 bits per heavy atom. The summed E-state index contributed by atoms with van der Waals surface area (Å²) in [5, 5.41) is 7.75.